The first-order valence-corrected chi connectivity index (χ1v) is 9.59. The molecule has 0 amide bonds. The zero-order chi connectivity index (χ0) is 19.8. The van der Waals surface area contributed by atoms with Crippen molar-refractivity contribution in [3.63, 3.8) is 0 Å². The van der Waals surface area contributed by atoms with Crippen LogP contribution in [0, 0.1) is 10.1 Å². The van der Waals surface area contributed by atoms with Gasteiger partial charge in [0, 0.05) is 37.7 Å². The molecule has 7 nitrogen and oxygen atoms in total. The number of nitrogens with one attached hydrogen (secondary N) is 2. The summed E-state index contributed by atoms with van der Waals surface area (Å²) in [7, 11) is 1.78. The van der Waals surface area contributed by atoms with E-state index in [2.05, 4.69) is 21.7 Å². The number of unbranched alkanes of at least 4 members (excludes halogenated alkanes) is 1. The van der Waals surface area contributed by atoms with Crippen LogP contribution in [0.15, 0.2) is 53.5 Å². The molecule has 0 aliphatic carbocycles. The molecule has 156 valence electrons. The second-order valence-corrected chi connectivity index (χ2v) is 6.75. The van der Waals surface area contributed by atoms with Crippen molar-refractivity contribution in [3.8, 4) is 5.75 Å². The fourth-order valence-electron chi connectivity index (χ4n) is 3.30. The van der Waals surface area contributed by atoms with Crippen LogP contribution in [-0.2, 0) is 6.42 Å². The highest BCUT2D eigenvalue weighted by atomic mass is 127. The Morgan fingerprint density at radius 1 is 1.21 bits per heavy atom. The van der Waals surface area contributed by atoms with Gasteiger partial charge in [-0.05, 0) is 30.9 Å². The molecule has 0 saturated carbocycles. The van der Waals surface area contributed by atoms with Gasteiger partial charge in [0.1, 0.15) is 5.75 Å². The molecule has 0 aromatic heterocycles. The maximum Gasteiger partial charge on any atom is 0.269 e. The molecule has 0 saturated heterocycles. The van der Waals surface area contributed by atoms with Gasteiger partial charge in [-0.25, -0.2) is 0 Å². The molecule has 8 heteroatoms. The summed E-state index contributed by atoms with van der Waals surface area (Å²) in [6.07, 6.45) is 3.79. The summed E-state index contributed by atoms with van der Waals surface area (Å²) in [6, 6.07) is 15.1. The number of non-ortho nitro benzene ring substituents is 1. The van der Waals surface area contributed by atoms with Crippen molar-refractivity contribution < 1.29 is 9.66 Å². The first-order chi connectivity index (χ1) is 13.7. The van der Waals surface area contributed by atoms with Crippen molar-refractivity contribution in [1.29, 1.82) is 0 Å². The maximum atomic E-state index is 10.7. The van der Waals surface area contributed by atoms with Crippen molar-refractivity contribution in [3.05, 3.63) is 69.8 Å². The van der Waals surface area contributed by atoms with Crippen LogP contribution in [0.1, 0.15) is 36.4 Å². The summed E-state index contributed by atoms with van der Waals surface area (Å²) >= 11 is 0. The molecule has 1 aliphatic heterocycles. The van der Waals surface area contributed by atoms with Gasteiger partial charge in [-0.15, -0.1) is 24.0 Å². The Bertz CT molecular complexity index is 827. The molecular weight excluding hydrogens is 483 g/mol. The predicted molar refractivity (Wildman–Crippen MR) is 125 cm³/mol. The highest BCUT2D eigenvalue weighted by Gasteiger charge is 2.21. The molecule has 3 rings (SSSR count). The monoisotopic (exact) mass is 510 g/mol. The summed E-state index contributed by atoms with van der Waals surface area (Å²) in [5, 5.41) is 17.5. The number of para-hydroxylation sites is 1. The normalized spacial score (nSPS) is 15.5. The minimum Gasteiger partial charge on any atom is -0.493 e. The van der Waals surface area contributed by atoms with Crippen molar-refractivity contribution in [1.82, 2.24) is 10.6 Å². The summed E-state index contributed by atoms with van der Waals surface area (Å²) < 4.78 is 5.71. The number of hydrogen-bond acceptors (Lipinski definition) is 4. The summed E-state index contributed by atoms with van der Waals surface area (Å²) in [5.74, 6) is 1.72. The molecule has 1 atom stereocenters. The first-order valence-electron chi connectivity index (χ1n) is 9.59. The number of nitrogens with zero attached hydrogens (tertiary/aromatic N) is 2. The van der Waals surface area contributed by atoms with E-state index in [4.69, 9.17) is 4.74 Å². The van der Waals surface area contributed by atoms with Gasteiger partial charge in [-0.1, -0.05) is 30.3 Å². The van der Waals surface area contributed by atoms with Crippen LogP contribution in [0.25, 0.3) is 0 Å². The van der Waals surface area contributed by atoms with Gasteiger partial charge in [-0.2, -0.15) is 0 Å². The number of rotatable bonds is 7. The number of guanidine groups is 1. The lowest BCUT2D eigenvalue weighted by Crippen LogP contribution is -2.41. The number of aliphatic imine (C=N–C) groups is 1. The number of halogens is 1. The van der Waals surface area contributed by atoms with Gasteiger partial charge in [0.05, 0.1) is 17.6 Å². The molecule has 1 aliphatic rings. The Hall–Kier alpha value is -2.36. The fourth-order valence-corrected chi connectivity index (χ4v) is 3.30. The fraction of sp³-hybridized carbons (Fsp3) is 0.381. The van der Waals surface area contributed by atoms with E-state index in [0.717, 1.165) is 55.1 Å². The Balaban J connectivity index is 0.00000300. The molecule has 2 N–H and O–H groups in total. The van der Waals surface area contributed by atoms with Crippen LogP contribution >= 0.6 is 24.0 Å². The summed E-state index contributed by atoms with van der Waals surface area (Å²) in [5.41, 5.74) is 2.41. The molecule has 2 aromatic rings. The highest BCUT2D eigenvalue weighted by molar-refractivity contribution is 14.0. The van der Waals surface area contributed by atoms with Gasteiger partial charge >= 0.3 is 0 Å². The minimum atomic E-state index is -0.372. The Labute approximate surface area is 188 Å². The maximum absolute atomic E-state index is 10.7. The molecule has 0 bridgehead atoms. The summed E-state index contributed by atoms with van der Waals surface area (Å²) in [6.45, 7) is 1.51. The number of hydrogen-bond donors (Lipinski definition) is 2. The van der Waals surface area contributed by atoms with E-state index in [1.54, 1.807) is 19.2 Å². The largest absolute Gasteiger partial charge is 0.493 e. The van der Waals surface area contributed by atoms with Crippen molar-refractivity contribution in [2.75, 3.05) is 20.2 Å². The number of nitro benzene ring substituents is 1. The molecule has 1 unspecified atom stereocenters. The van der Waals surface area contributed by atoms with Crippen molar-refractivity contribution in [2.45, 2.75) is 31.7 Å². The van der Waals surface area contributed by atoms with E-state index in [1.807, 2.05) is 30.3 Å². The van der Waals surface area contributed by atoms with Gasteiger partial charge in [0.2, 0.25) is 0 Å². The minimum absolute atomic E-state index is 0. The van der Waals surface area contributed by atoms with E-state index >= 15 is 0 Å². The molecule has 0 radical (unpaired) electrons. The quantitative estimate of drug-likeness (QED) is 0.145. The van der Waals surface area contributed by atoms with Gasteiger partial charge in [-0.3, -0.25) is 15.1 Å². The van der Waals surface area contributed by atoms with Crippen LogP contribution in [0.4, 0.5) is 5.69 Å². The number of benzene rings is 2. The third-order valence-corrected chi connectivity index (χ3v) is 4.82. The third-order valence-electron chi connectivity index (χ3n) is 4.82. The molecule has 0 spiro atoms. The van der Waals surface area contributed by atoms with Crippen LogP contribution in [-0.4, -0.2) is 31.1 Å². The average Bonchev–Trinajstić information content (AvgIpc) is 2.73. The second-order valence-electron chi connectivity index (χ2n) is 6.75. The highest BCUT2D eigenvalue weighted by Crippen LogP contribution is 2.31. The van der Waals surface area contributed by atoms with E-state index < -0.39 is 0 Å². The number of aryl methyl sites for hydroxylation is 1. The molecular formula is C21H27IN4O3. The zero-order valence-electron chi connectivity index (χ0n) is 16.5. The predicted octanol–water partition coefficient (Wildman–Crippen LogP) is 4.22. The Morgan fingerprint density at radius 2 is 1.97 bits per heavy atom. The standard InChI is InChI=1S/C21H26N4O3.HI/c1-22-21(24-19-13-15-28-20-8-3-2-7-18(19)20)23-14-5-4-6-16-9-11-17(12-10-16)25(26)27;/h2-3,7-12,19H,4-6,13-15H2,1H3,(H2,22,23,24);1H. The molecule has 2 aromatic carbocycles. The molecule has 1 heterocycles. The van der Waals surface area contributed by atoms with Crippen LogP contribution in [0.3, 0.4) is 0 Å². The number of nitro groups is 1. The molecule has 0 fully saturated rings. The van der Waals surface area contributed by atoms with Gasteiger partial charge in [0.25, 0.3) is 5.69 Å². The van der Waals surface area contributed by atoms with Crippen LogP contribution in [0.5, 0.6) is 5.75 Å². The van der Waals surface area contributed by atoms with E-state index in [9.17, 15) is 10.1 Å². The van der Waals surface area contributed by atoms with E-state index in [-0.39, 0.29) is 40.6 Å². The lowest BCUT2D eigenvalue weighted by Gasteiger charge is -2.28. The van der Waals surface area contributed by atoms with E-state index in [0.29, 0.717) is 6.61 Å². The zero-order valence-corrected chi connectivity index (χ0v) is 18.8. The topological polar surface area (TPSA) is 88.8 Å². The van der Waals surface area contributed by atoms with E-state index in [1.165, 1.54) is 0 Å². The van der Waals surface area contributed by atoms with Crippen molar-refractivity contribution >= 4 is 35.6 Å². The number of fused-ring (bicyclic) bond motifs is 1. The summed E-state index contributed by atoms with van der Waals surface area (Å²) in [4.78, 5) is 14.6. The molecule has 29 heavy (non-hydrogen) atoms. The Morgan fingerprint density at radius 3 is 2.69 bits per heavy atom. The lowest BCUT2D eigenvalue weighted by molar-refractivity contribution is -0.384. The van der Waals surface area contributed by atoms with Crippen LogP contribution in [0.2, 0.25) is 0 Å². The van der Waals surface area contributed by atoms with Crippen molar-refractivity contribution in [2.24, 2.45) is 4.99 Å². The smallest absolute Gasteiger partial charge is 0.269 e. The first kappa shape index (κ1) is 22.9. The van der Waals surface area contributed by atoms with Crippen LogP contribution < -0.4 is 15.4 Å². The average molecular weight is 510 g/mol. The lowest BCUT2D eigenvalue weighted by atomic mass is 10.0. The Kier molecular flexibility index (Phi) is 9.17. The second kappa shape index (κ2) is 11.6. The third kappa shape index (κ3) is 6.59. The SMILES string of the molecule is CN=C(NCCCCc1ccc([N+](=O)[O-])cc1)NC1CCOc2ccccc21.I. The van der Waals surface area contributed by atoms with Gasteiger partial charge in [0.15, 0.2) is 5.96 Å². The van der Waals surface area contributed by atoms with Gasteiger partial charge < -0.3 is 15.4 Å². The number of ether oxygens (including phenoxy) is 1.